The number of ether oxygens (including phenoxy) is 2. The molecule has 0 aliphatic rings. The summed E-state index contributed by atoms with van der Waals surface area (Å²) < 4.78 is 13.9. The smallest absolute Gasteiger partial charge is 0.242 e. The van der Waals surface area contributed by atoms with E-state index in [-0.39, 0.29) is 0 Å². The number of halogens is 1. The molecule has 0 fully saturated rings. The van der Waals surface area contributed by atoms with Crippen molar-refractivity contribution in [2.75, 3.05) is 18.5 Å². The lowest BCUT2D eigenvalue weighted by atomic mass is 10.2. The Morgan fingerprint density at radius 1 is 1.27 bits per heavy atom. The molecule has 0 atom stereocenters. The van der Waals surface area contributed by atoms with Crippen LogP contribution in [-0.4, -0.2) is 33.4 Å². The lowest BCUT2D eigenvalue weighted by Crippen LogP contribution is -2.07. The zero-order valence-corrected chi connectivity index (χ0v) is 14.6. The minimum absolute atomic E-state index is 0.582. The zero-order valence-electron chi connectivity index (χ0n) is 13.0. The molecule has 1 aromatic heterocycles. The van der Waals surface area contributed by atoms with Crippen molar-refractivity contribution < 1.29 is 9.47 Å². The molecule has 2 rings (SSSR count). The molecule has 1 heterocycles. The average Bonchev–Trinajstić information content (AvgIpc) is 2.90. The fraction of sp³-hybridized carbons (Fsp3) is 0.500. The lowest BCUT2D eigenvalue weighted by Gasteiger charge is -2.15. The summed E-state index contributed by atoms with van der Waals surface area (Å²) in [6.45, 7) is 5.84. The number of hydrogen-bond donors (Lipinski definition) is 1. The molecule has 1 N–H and O–H groups in total. The summed E-state index contributed by atoms with van der Waals surface area (Å²) >= 11 is 3.55. The largest absolute Gasteiger partial charge is 0.490 e. The SMILES string of the molecule is CCCOc1c(Br)cc(CNc2nnnn2C)cc1OCC. The summed E-state index contributed by atoms with van der Waals surface area (Å²) in [6, 6.07) is 3.97. The molecule has 0 amide bonds. The molecule has 1 aromatic carbocycles. The number of benzene rings is 1. The van der Waals surface area contributed by atoms with E-state index >= 15 is 0 Å². The number of aryl methyl sites for hydroxylation is 1. The number of rotatable bonds is 8. The van der Waals surface area contributed by atoms with E-state index in [9.17, 15) is 0 Å². The molecule has 0 saturated carbocycles. The molecule has 0 aliphatic carbocycles. The quantitative estimate of drug-likeness (QED) is 0.770. The molecule has 8 heteroatoms. The van der Waals surface area contributed by atoms with Crippen molar-refractivity contribution in [2.24, 2.45) is 7.05 Å². The summed E-state index contributed by atoms with van der Waals surface area (Å²) in [6.07, 6.45) is 0.945. The van der Waals surface area contributed by atoms with Gasteiger partial charge in [0.05, 0.1) is 17.7 Å². The van der Waals surface area contributed by atoms with Crippen LogP contribution in [0, 0.1) is 0 Å². The highest BCUT2D eigenvalue weighted by atomic mass is 79.9. The number of anilines is 1. The van der Waals surface area contributed by atoms with E-state index in [2.05, 4.69) is 43.7 Å². The first kappa shape index (κ1) is 16.5. The van der Waals surface area contributed by atoms with Crippen LogP contribution in [0.15, 0.2) is 16.6 Å². The van der Waals surface area contributed by atoms with Gasteiger partial charge in [-0.25, -0.2) is 4.68 Å². The Bertz CT molecular complexity index is 617. The van der Waals surface area contributed by atoms with Crippen LogP contribution in [0.1, 0.15) is 25.8 Å². The summed E-state index contributed by atoms with van der Waals surface area (Å²) in [5.74, 6) is 2.09. The first-order valence-electron chi connectivity index (χ1n) is 7.20. The maximum absolute atomic E-state index is 5.77. The molecule has 0 spiro atoms. The van der Waals surface area contributed by atoms with Gasteiger partial charge in [-0.1, -0.05) is 12.0 Å². The van der Waals surface area contributed by atoms with E-state index in [0.717, 1.165) is 28.0 Å². The third-order valence-corrected chi connectivity index (χ3v) is 3.48. The van der Waals surface area contributed by atoms with E-state index in [1.165, 1.54) is 0 Å². The van der Waals surface area contributed by atoms with Crippen LogP contribution in [0.2, 0.25) is 0 Å². The van der Waals surface area contributed by atoms with Crippen LogP contribution in [0.5, 0.6) is 11.5 Å². The Kier molecular flexibility index (Phi) is 6.00. The van der Waals surface area contributed by atoms with E-state index in [1.807, 2.05) is 19.1 Å². The second-order valence-electron chi connectivity index (χ2n) is 4.67. The highest BCUT2D eigenvalue weighted by molar-refractivity contribution is 9.10. The standard InChI is InChI=1S/C14H20BrN5O2/c1-4-6-22-13-11(15)7-10(8-12(13)21-5-2)9-16-14-17-18-19-20(14)3/h7-8H,4-6,9H2,1-3H3,(H,16,17,19). The molecule has 120 valence electrons. The van der Waals surface area contributed by atoms with Crippen LogP contribution < -0.4 is 14.8 Å². The first-order valence-corrected chi connectivity index (χ1v) is 7.99. The van der Waals surface area contributed by atoms with E-state index in [0.29, 0.717) is 25.7 Å². The number of nitrogens with one attached hydrogen (secondary N) is 1. The Labute approximate surface area is 138 Å². The molecule has 2 aromatic rings. The normalized spacial score (nSPS) is 10.5. The van der Waals surface area contributed by atoms with Crippen molar-refractivity contribution in [1.29, 1.82) is 0 Å². The molecule has 0 bridgehead atoms. The summed E-state index contributed by atoms with van der Waals surface area (Å²) in [5, 5.41) is 14.4. The van der Waals surface area contributed by atoms with E-state index in [4.69, 9.17) is 9.47 Å². The number of nitrogens with zero attached hydrogens (tertiary/aromatic N) is 4. The van der Waals surface area contributed by atoms with Gasteiger partial charge in [0.1, 0.15) is 0 Å². The van der Waals surface area contributed by atoms with Gasteiger partial charge in [-0.15, -0.1) is 0 Å². The van der Waals surface area contributed by atoms with Crippen LogP contribution in [0.4, 0.5) is 5.95 Å². The third-order valence-electron chi connectivity index (χ3n) is 2.89. The predicted octanol–water partition coefficient (Wildman–Crippen LogP) is 2.77. The van der Waals surface area contributed by atoms with Crippen molar-refractivity contribution in [3.63, 3.8) is 0 Å². The van der Waals surface area contributed by atoms with Gasteiger partial charge in [-0.05, 0) is 57.4 Å². The molecular formula is C14H20BrN5O2. The van der Waals surface area contributed by atoms with Gasteiger partial charge in [-0.2, -0.15) is 0 Å². The molecule has 0 saturated heterocycles. The van der Waals surface area contributed by atoms with Crippen molar-refractivity contribution in [3.8, 4) is 11.5 Å². The highest BCUT2D eigenvalue weighted by Crippen LogP contribution is 2.37. The fourth-order valence-corrected chi connectivity index (χ4v) is 2.49. The van der Waals surface area contributed by atoms with Crippen molar-refractivity contribution in [1.82, 2.24) is 20.2 Å². The maximum atomic E-state index is 5.77. The minimum Gasteiger partial charge on any atom is -0.490 e. The van der Waals surface area contributed by atoms with Gasteiger partial charge < -0.3 is 14.8 Å². The molecule has 0 unspecified atom stereocenters. The van der Waals surface area contributed by atoms with Crippen molar-refractivity contribution in [3.05, 3.63) is 22.2 Å². The van der Waals surface area contributed by atoms with Crippen LogP contribution in [-0.2, 0) is 13.6 Å². The van der Waals surface area contributed by atoms with Gasteiger partial charge in [0.15, 0.2) is 11.5 Å². The Balaban J connectivity index is 2.16. The summed E-state index contributed by atoms with van der Waals surface area (Å²) in [7, 11) is 1.78. The summed E-state index contributed by atoms with van der Waals surface area (Å²) in [4.78, 5) is 0. The van der Waals surface area contributed by atoms with Crippen LogP contribution >= 0.6 is 15.9 Å². The number of aromatic nitrogens is 4. The second kappa shape index (κ2) is 7.98. The Hall–Kier alpha value is -1.83. The van der Waals surface area contributed by atoms with E-state index in [1.54, 1.807) is 11.7 Å². The monoisotopic (exact) mass is 369 g/mol. The topological polar surface area (TPSA) is 74.1 Å². The molecule has 22 heavy (non-hydrogen) atoms. The number of hydrogen-bond acceptors (Lipinski definition) is 6. The predicted molar refractivity (Wildman–Crippen MR) is 87.2 cm³/mol. The Morgan fingerprint density at radius 3 is 2.73 bits per heavy atom. The maximum Gasteiger partial charge on any atom is 0.242 e. The number of tetrazole rings is 1. The van der Waals surface area contributed by atoms with Gasteiger partial charge in [0, 0.05) is 13.6 Å². The van der Waals surface area contributed by atoms with Gasteiger partial charge in [-0.3, -0.25) is 0 Å². The van der Waals surface area contributed by atoms with Gasteiger partial charge in [0.2, 0.25) is 5.95 Å². The Morgan fingerprint density at radius 2 is 2.09 bits per heavy atom. The van der Waals surface area contributed by atoms with Gasteiger partial charge in [0.25, 0.3) is 0 Å². The van der Waals surface area contributed by atoms with Crippen molar-refractivity contribution >= 4 is 21.9 Å². The zero-order chi connectivity index (χ0) is 15.9. The molecular weight excluding hydrogens is 350 g/mol. The van der Waals surface area contributed by atoms with E-state index < -0.39 is 0 Å². The van der Waals surface area contributed by atoms with Gasteiger partial charge >= 0.3 is 0 Å². The fourth-order valence-electron chi connectivity index (χ4n) is 1.89. The molecule has 0 radical (unpaired) electrons. The lowest BCUT2D eigenvalue weighted by molar-refractivity contribution is 0.275. The average molecular weight is 370 g/mol. The minimum atomic E-state index is 0.582. The third kappa shape index (κ3) is 4.09. The highest BCUT2D eigenvalue weighted by Gasteiger charge is 2.12. The van der Waals surface area contributed by atoms with Crippen LogP contribution in [0.25, 0.3) is 0 Å². The van der Waals surface area contributed by atoms with Crippen LogP contribution in [0.3, 0.4) is 0 Å². The first-order chi connectivity index (χ1) is 10.7. The summed E-state index contributed by atoms with van der Waals surface area (Å²) in [5.41, 5.74) is 1.04. The second-order valence-corrected chi connectivity index (χ2v) is 5.52. The molecule has 0 aliphatic heterocycles. The van der Waals surface area contributed by atoms with Crippen molar-refractivity contribution in [2.45, 2.75) is 26.8 Å². The molecule has 7 nitrogen and oxygen atoms in total.